The third-order valence-corrected chi connectivity index (χ3v) is 5.51. The Labute approximate surface area is 126 Å². The number of aryl methyl sites for hydroxylation is 1. The van der Waals surface area contributed by atoms with E-state index in [1.807, 2.05) is 0 Å². The lowest BCUT2D eigenvalue weighted by Crippen LogP contribution is -2.37. The molecule has 2 aromatic rings. The van der Waals surface area contributed by atoms with E-state index < -0.39 is 21.8 Å². The Morgan fingerprint density at radius 2 is 2.00 bits per heavy atom. The number of aromatic nitrogens is 2. The van der Waals surface area contributed by atoms with Gasteiger partial charge in [-0.05, 0) is 12.5 Å². The van der Waals surface area contributed by atoms with Gasteiger partial charge in [-0.3, -0.25) is 9.59 Å². The maximum absolute atomic E-state index is 12.4. The predicted octanol–water partition coefficient (Wildman–Crippen LogP) is -0.150. The summed E-state index contributed by atoms with van der Waals surface area (Å²) in [6.45, 7) is 0. The van der Waals surface area contributed by atoms with E-state index in [1.54, 1.807) is 24.3 Å². The highest BCUT2D eigenvalue weighted by Gasteiger charge is 2.30. The first-order valence-corrected chi connectivity index (χ1v) is 8.67. The number of hydrogen-bond donors (Lipinski definition) is 1. The summed E-state index contributed by atoms with van der Waals surface area (Å²) < 4.78 is 24.0. The molecule has 22 heavy (non-hydrogen) atoms. The van der Waals surface area contributed by atoms with Crippen LogP contribution in [0.5, 0.6) is 0 Å². The summed E-state index contributed by atoms with van der Waals surface area (Å²) in [4.78, 5) is 24.4. The number of rotatable bonds is 2. The number of sulfone groups is 1. The van der Waals surface area contributed by atoms with Gasteiger partial charge in [0.2, 0.25) is 0 Å². The van der Waals surface area contributed by atoms with Crippen molar-refractivity contribution < 1.29 is 13.2 Å². The van der Waals surface area contributed by atoms with Crippen molar-refractivity contribution in [3.63, 3.8) is 0 Å². The summed E-state index contributed by atoms with van der Waals surface area (Å²) in [7, 11) is -1.59. The lowest BCUT2D eigenvalue weighted by molar-refractivity contribution is 0.0936. The Morgan fingerprint density at radius 3 is 2.64 bits per heavy atom. The first-order valence-electron chi connectivity index (χ1n) is 6.85. The van der Waals surface area contributed by atoms with Crippen LogP contribution in [0.3, 0.4) is 0 Å². The average Bonchev–Trinajstić information content (AvgIpc) is 2.81. The number of carbonyl (C=O) groups is 1. The molecule has 1 aromatic heterocycles. The minimum absolute atomic E-state index is 0.0531. The van der Waals surface area contributed by atoms with Crippen molar-refractivity contribution in [2.75, 3.05) is 11.5 Å². The standard InChI is InChI=1S/C14H15N3O4S/c1-17-14(19)11-5-3-2-4-10(11)12(16-17)13(18)15-9-6-7-22(20,21)8-9/h2-5,9H,6-8H2,1H3,(H,15,18)/t9-/m0/s1. The van der Waals surface area contributed by atoms with Crippen LogP contribution in [0.15, 0.2) is 29.1 Å². The zero-order chi connectivity index (χ0) is 15.9. The zero-order valence-corrected chi connectivity index (χ0v) is 12.8. The van der Waals surface area contributed by atoms with Gasteiger partial charge in [-0.1, -0.05) is 18.2 Å². The highest BCUT2D eigenvalue weighted by molar-refractivity contribution is 7.91. The van der Waals surface area contributed by atoms with Gasteiger partial charge in [0.05, 0.1) is 16.9 Å². The third kappa shape index (κ3) is 2.61. The van der Waals surface area contributed by atoms with Crippen molar-refractivity contribution in [3.8, 4) is 0 Å². The van der Waals surface area contributed by atoms with Gasteiger partial charge in [0.1, 0.15) is 0 Å². The van der Waals surface area contributed by atoms with Crippen LogP contribution in [0.4, 0.5) is 0 Å². The Morgan fingerprint density at radius 1 is 1.32 bits per heavy atom. The minimum atomic E-state index is -3.07. The van der Waals surface area contributed by atoms with Crippen LogP contribution in [0.2, 0.25) is 0 Å². The Balaban J connectivity index is 1.98. The van der Waals surface area contributed by atoms with E-state index in [2.05, 4.69) is 10.4 Å². The first kappa shape index (κ1) is 14.7. The van der Waals surface area contributed by atoms with Crippen LogP contribution in [-0.4, -0.2) is 41.7 Å². The molecule has 0 aliphatic carbocycles. The van der Waals surface area contributed by atoms with Crippen LogP contribution in [0, 0.1) is 0 Å². The average molecular weight is 321 g/mol. The number of nitrogens with zero attached hydrogens (tertiary/aromatic N) is 2. The van der Waals surface area contributed by atoms with E-state index in [-0.39, 0.29) is 22.8 Å². The topological polar surface area (TPSA) is 98.1 Å². The second-order valence-electron chi connectivity index (χ2n) is 5.40. The largest absolute Gasteiger partial charge is 0.347 e. The SMILES string of the molecule is Cn1nc(C(=O)N[C@H]2CCS(=O)(=O)C2)c2ccccc2c1=O. The van der Waals surface area contributed by atoms with Gasteiger partial charge in [0.15, 0.2) is 15.5 Å². The summed E-state index contributed by atoms with van der Waals surface area (Å²) in [6.07, 6.45) is 0.401. The highest BCUT2D eigenvalue weighted by Crippen LogP contribution is 2.15. The van der Waals surface area contributed by atoms with Crippen LogP contribution < -0.4 is 10.9 Å². The van der Waals surface area contributed by atoms with Crippen molar-refractivity contribution in [2.24, 2.45) is 7.05 Å². The molecule has 1 aliphatic heterocycles. The smallest absolute Gasteiger partial charge is 0.274 e. The Kier molecular flexibility index (Phi) is 3.48. The molecule has 0 bridgehead atoms. The molecule has 0 radical (unpaired) electrons. The molecule has 2 heterocycles. The highest BCUT2D eigenvalue weighted by atomic mass is 32.2. The first-order chi connectivity index (χ1) is 10.4. The lowest BCUT2D eigenvalue weighted by atomic mass is 10.1. The number of hydrogen-bond acceptors (Lipinski definition) is 5. The van der Waals surface area contributed by atoms with Gasteiger partial charge < -0.3 is 5.32 Å². The molecular formula is C14H15N3O4S. The van der Waals surface area contributed by atoms with Crippen LogP contribution >= 0.6 is 0 Å². The predicted molar refractivity (Wildman–Crippen MR) is 81.5 cm³/mol. The molecule has 1 N–H and O–H groups in total. The monoisotopic (exact) mass is 321 g/mol. The van der Waals surface area contributed by atoms with Gasteiger partial charge in [0.25, 0.3) is 11.5 Å². The molecule has 116 valence electrons. The van der Waals surface area contributed by atoms with Gasteiger partial charge in [-0.25, -0.2) is 13.1 Å². The van der Waals surface area contributed by atoms with Gasteiger partial charge >= 0.3 is 0 Å². The summed E-state index contributed by atoms with van der Waals surface area (Å²) in [5, 5.41) is 7.58. The number of amides is 1. The summed E-state index contributed by atoms with van der Waals surface area (Å²) in [6, 6.07) is 6.32. The fourth-order valence-corrected chi connectivity index (χ4v) is 4.30. The zero-order valence-electron chi connectivity index (χ0n) is 11.9. The molecule has 1 aliphatic rings. The molecule has 1 fully saturated rings. The van der Waals surface area contributed by atoms with Crippen molar-refractivity contribution in [3.05, 3.63) is 40.3 Å². The molecule has 0 saturated carbocycles. The van der Waals surface area contributed by atoms with E-state index in [0.29, 0.717) is 17.2 Å². The molecule has 1 saturated heterocycles. The van der Waals surface area contributed by atoms with Crippen molar-refractivity contribution in [1.29, 1.82) is 0 Å². The second-order valence-corrected chi connectivity index (χ2v) is 7.63. The van der Waals surface area contributed by atoms with Crippen LogP contribution in [0.25, 0.3) is 10.8 Å². The number of benzene rings is 1. The molecular weight excluding hydrogens is 306 g/mol. The molecule has 8 heteroatoms. The number of nitrogens with one attached hydrogen (secondary N) is 1. The van der Waals surface area contributed by atoms with Gasteiger partial charge in [-0.2, -0.15) is 5.10 Å². The molecule has 1 aromatic carbocycles. The van der Waals surface area contributed by atoms with Crippen molar-refractivity contribution in [1.82, 2.24) is 15.1 Å². The van der Waals surface area contributed by atoms with Crippen molar-refractivity contribution in [2.45, 2.75) is 12.5 Å². The summed E-state index contributed by atoms with van der Waals surface area (Å²) in [5.41, 5.74) is -0.155. The summed E-state index contributed by atoms with van der Waals surface area (Å²) in [5.74, 6) is -0.434. The Bertz CT molecular complexity index is 917. The molecule has 0 spiro atoms. The maximum atomic E-state index is 12.4. The fraction of sp³-hybridized carbons (Fsp3) is 0.357. The molecule has 7 nitrogen and oxygen atoms in total. The van der Waals surface area contributed by atoms with Crippen molar-refractivity contribution >= 4 is 26.5 Å². The summed E-state index contributed by atoms with van der Waals surface area (Å²) >= 11 is 0. The lowest BCUT2D eigenvalue weighted by Gasteiger charge is -2.12. The quantitative estimate of drug-likeness (QED) is 0.829. The molecule has 3 rings (SSSR count). The van der Waals surface area contributed by atoms with E-state index in [4.69, 9.17) is 0 Å². The van der Waals surface area contributed by atoms with E-state index >= 15 is 0 Å². The maximum Gasteiger partial charge on any atom is 0.274 e. The Hall–Kier alpha value is -2.22. The number of fused-ring (bicyclic) bond motifs is 1. The third-order valence-electron chi connectivity index (χ3n) is 3.74. The van der Waals surface area contributed by atoms with Gasteiger partial charge in [-0.15, -0.1) is 0 Å². The normalized spacial score (nSPS) is 20.1. The second kappa shape index (κ2) is 5.20. The van der Waals surface area contributed by atoms with Crippen LogP contribution in [0.1, 0.15) is 16.9 Å². The molecule has 1 atom stereocenters. The van der Waals surface area contributed by atoms with E-state index in [0.717, 1.165) is 4.68 Å². The fourth-order valence-electron chi connectivity index (χ4n) is 2.63. The van der Waals surface area contributed by atoms with Crippen LogP contribution in [-0.2, 0) is 16.9 Å². The minimum Gasteiger partial charge on any atom is -0.347 e. The molecule has 1 amide bonds. The number of carbonyl (C=O) groups excluding carboxylic acids is 1. The van der Waals surface area contributed by atoms with Gasteiger partial charge in [0, 0.05) is 18.5 Å². The van der Waals surface area contributed by atoms with E-state index in [1.165, 1.54) is 7.05 Å². The van der Waals surface area contributed by atoms with E-state index in [9.17, 15) is 18.0 Å². The molecule has 0 unspecified atom stereocenters.